The summed E-state index contributed by atoms with van der Waals surface area (Å²) in [5.74, 6) is -0.571. The van der Waals surface area contributed by atoms with Crippen LogP contribution in [0, 0.1) is 5.95 Å². The number of pyridine rings is 1. The van der Waals surface area contributed by atoms with E-state index >= 15 is 0 Å². The van der Waals surface area contributed by atoms with Crippen molar-refractivity contribution in [2.75, 3.05) is 0 Å². The highest BCUT2D eigenvalue weighted by molar-refractivity contribution is 6.30. The van der Waals surface area contributed by atoms with Crippen LogP contribution < -0.4 is 5.73 Å². The molecule has 1 aromatic heterocycles. The second-order valence-electron chi connectivity index (χ2n) is 2.66. The number of halogens is 2. The lowest BCUT2D eigenvalue weighted by Crippen LogP contribution is -2.11. The lowest BCUT2D eigenvalue weighted by molar-refractivity contribution is 0.545. The number of nitrogens with two attached hydrogens (primary N) is 1. The molecule has 1 unspecified atom stereocenters. The van der Waals surface area contributed by atoms with Crippen LogP contribution in [0.25, 0.3) is 0 Å². The fourth-order valence-corrected chi connectivity index (χ4v) is 1.17. The molecule has 0 saturated carbocycles. The van der Waals surface area contributed by atoms with Crippen molar-refractivity contribution in [2.24, 2.45) is 5.73 Å². The molecule has 2 nitrogen and oxygen atoms in total. The molecule has 0 amide bonds. The Kier molecular flexibility index (Phi) is 3.39. The normalized spacial score (nSPS) is 12.5. The first-order valence-electron chi connectivity index (χ1n) is 3.82. The van der Waals surface area contributed by atoms with Crippen molar-refractivity contribution in [1.29, 1.82) is 0 Å². The highest BCUT2D eigenvalue weighted by Crippen LogP contribution is 2.20. The van der Waals surface area contributed by atoms with Crippen molar-refractivity contribution in [1.82, 2.24) is 4.98 Å². The summed E-state index contributed by atoms with van der Waals surface area (Å²) in [6.45, 7) is 3.52. The summed E-state index contributed by atoms with van der Waals surface area (Å²) in [5.41, 5.74) is 5.99. The summed E-state index contributed by atoms with van der Waals surface area (Å²) in [6.07, 6.45) is 3.38. The lowest BCUT2D eigenvalue weighted by Gasteiger charge is -2.09. The van der Waals surface area contributed by atoms with Gasteiger partial charge in [-0.3, -0.25) is 0 Å². The van der Waals surface area contributed by atoms with Gasteiger partial charge in [0.25, 0.3) is 0 Å². The Morgan fingerprint density at radius 3 is 3.08 bits per heavy atom. The number of hydrogen-bond acceptors (Lipinski definition) is 2. The molecule has 70 valence electrons. The molecule has 1 heterocycles. The van der Waals surface area contributed by atoms with Crippen LogP contribution in [0.4, 0.5) is 4.39 Å². The molecule has 0 bridgehead atoms. The minimum atomic E-state index is -0.571. The van der Waals surface area contributed by atoms with Crippen LogP contribution in [-0.4, -0.2) is 4.98 Å². The van der Waals surface area contributed by atoms with Gasteiger partial charge < -0.3 is 5.73 Å². The van der Waals surface area contributed by atoms with Gasteiger partial charge in [-0.25, -0.2) is 4.98 Å². The quantitative estimate of drug-likeness (QED) is 0.601. The minimum absolute atomic E-state index is 0.326. The van der Waals surface area contributed by atoms with Crippen molar-refractivity contribution in [3.8, 4) is 0 Å². The van der Waals surface area contributed by atoms with Gasteiger partial charge in [0.05, 0.1) is 5.02 Å². The molecule has 0 aliphatic carbocycles. The second-order valence-corrected chi connectivity index (χ2v) is 3.10. The van der Waals surface area contributed by atoms with E-state index in [-0.39, 0.29) is 0 Å². The van der Waals surface area contributed by atoms with Gasteiger partial charge >= 0.3 is 0 Å². The first-order valence-corrected chi connectivity index (χ1v) is 4.20. The Hall–Kier alpha value is -0.930. The van der Waals surface area contributed by atoms with Crippen molar-refractivity contribution in [2.45, 2.75) is 12.5 Å². The van der Waals surface area contributed by atoms with E-state index in [1.807, 2.05) is 0 Å². The van der Waals surface area contributed by atoms with E-state index in [1.165, 1.54) is 12.3 Å². The van der Waals surface area contributed by atoms with Gasteiger partial charge in [0.15, 0.2) is 0 Å². The first-order chi connectivity index (χ1) is 6.15. The maximum absolute atomic E-state index is 13.1. The van der Waals surface area contributed by atoms with E-state index in [1.54, 1.807) is 6.08 Å². The van der Waals surface area contributed by atoms with Crippen LogP contribution in [0.3, 0.4) is 0 Å². The summed E-state index contributed by atoms with van der Waals surface area (Å²) >= 11 is 5.65. The van der Waals surface area contributed by atoms with Gasteiger partial charge in [0, 0.05) is 17.8 Å². The Balaban J connectivity index is 2.97. The third-order valence-electron chi connectivity index (χ3n) is 1.65. The standard InChI is InChI=1S/C9H10ClFN2/c1-2-3-8(12)7-4-6(10)5-13-9(7)11/h2,4-5,8H,1,3,12H2. The Labute approximate surface area is 81.2 Å². The van der Waals surface area contributed by atoms with Crippen LogP contribution in [0.5, 0.6) is 0 Å². The third kappa shape index (κ3) is 2.50. The number of aromatic nitrogens is 1. The molecule has 1 atom stereocenters. The molecule has 0 fully saturated rings. The van der Waals surface area contributed by atoms with E-state index in [0.29, 0.717) is 17.0 Å². The first kappa shape index (κ1) is 10.2. The van der Waals surface area contributed by atoms with E-state index in [9.17, 15) is 4.39 Å². The molecule has 0 aromatic carbocycles. The van der Waals surface area contributed by atoms with Gasteiger partial charge in [0.1, 0.15) is 0 Å². The molecule has 1 aromatic rings. The highest BCUT2D eigenvalue weighted by atomic mass is 35.5. The van der Waals surface area contributed by atoms with Crippen LogP contribution in [0.15, 0.2) is 24.9 Å². The second kappa shape index (κ2) is 4.35. The molecule has 1 rings (SSSR count). The van der Waals surface area contributed by atoms with Gasteiger partial charge in [-0.15, -0.1) is 6.58 Å². The topological polar surface area (TPSA) is 38.9 Å². The van der Waals surface area contributed by atoms with Crippen LogP contribution in [0.2, 0.25) is 5.02 Å². The summed E-state index contributed by atoms with van der Waals surface area (Å²) in [4.78, 5) is 3.47. The maximum atomic E-state index is 13.1. The third-order valence-corrected chi connectivity index (χ3v) is 1.86. The maximum Gasteiger partial charge on any atom is 0.217 e. The van der Waals surface area contributed by atoms with E-state index in [4.69, 9.17) is 17.3 Å². The molecule has 0 radical (unpaired) electrons. The van der Waals surface area contributed by atoms with Crippen molar-refractivity contribution >= 4 is 11.6 Å². The van der Waals surface area contributed by atoms with Crippen LogP contribution in [-0.2, 0) is 0 Å². The monoisotopic (exact) mass is 200 g/mol. The average molecular weight is 201 g/mol. The van der Waals surface area contributed by atoms with E-state index in [2.05, 4.69) is 11.6 Å². The molecule has 2 N–H and O–H groups in total. The Morgan fingerprint density at radius 2 is 2.46 bits per heavy atom. The fourth-order valence-electron chi connectivity index (χ4n) is 1.00. The fraction of sp³-hybridized carbons (Fsp3) is 0.222. The molecule has 0 spiro atoms. The van der Waals surface area contributed by atoms with Gasteiger partial charge in [0.2, 0.25) is 5.95 Å². The molecule has 13 heavy (non-hydrogen) atoms. The molecule has 0 aliphatic heterocycles. The Bertz CT molecular complexity index is 314. The summed E-state index contributed by atoms with van der Waals surface area (Å²) in [7, 11) is 0. The smallest absolute Gasteiger partial charge is 0.217 e. The van der Waals surface area contributed by atoms with Gasteiger partial charge in [-0.1, -0.05) is 17.7 Å². The summed E-state index contributed by atoms with van der Waals surface area (Å²) in [6, 6.07) is 1.06. The molecular formula is C9H10ClFN2. The predicted octanol–water partition coefficient (Wildman–Crippen LogP) is 2.45. The van der Waals surface area contributed by atoms with Crippen LogP contribution >= 0.6 is 11.6 Å². The number of hydrogen-bond donors (Lipinski definition) is 1. The van der Waals surface area contributed by atoms with Gasteiger partial charge in [-0.05, 0) is 12.5 Å². The summed E-state index contributed by atoms with van der Waals surface area (Å²) < 4.78 is 13.1. The molecular weight excluding hydrogens is 191 g/mol. The molecule has 0 saturated heterocycles. The largest absolute Gasteiger partial charge is 0.324 e. The predicted molar refractivity (Wildman–Crippen MR) is 50.9 cm³/mol. The zero-order chi connectivity index (χ0) is 9.84. The zero-order valence-electron chi connectivity index (χ0n) is 7.00. The zero-order valence-corrected chi connectivity index (χ0v) is 7.76. The lowest BCUT2D eigenvalue weighted by atomic mass is 10.1. The number of nitrogens with zero attached hydrogens (tertiary/aromatic N) is 1. The Morgan fingerprint density at radius 1 is 1.77 bits per heavy atom. The van der Waals surface area contributed by atoms with Crippen LogP contribution in [0.1, 0.15) is 18.0 Å². The van der Waals surface area contributed by atoms with E-state index < -0.39 is 12.0 Å². The molecule has 0 aliphatic rings. The summed E-state index contributed by atoms with van der Waals surface area (Å²) in [5, 5.41) is 0.385. The highest BCUT2D eigenvalue weighted by Gasteiger charge is 2.11. The van der Waals surface area contributed by atoms with Gasteiger partial charge in [-0.2, -0.15) is 4.39 Å². The molecule has 4 heteroatoms. The number of rotatable bonds is 3. The van der Waals surface area contributed by atoms with E-state index in [0.717, 1.165) is 0 Å². The van der Waals surface area contributed by atoms with Crippen molar-refractivity contribution < 1.29 is 4.39 Å². The SMILES string of the molecule is C=CCC(N)c1cc(Cl)cnc1F. The van der Waals surface area contributed by atoms with Crippen molar-refractivity contribution in [3.05, 3.63) is 41.5 Å². The minimum Gasteiger partial charge on any atom is -0.324 e. The average Bonchev–Trinajstić information content (AvgIpc) is 2.09. The van der Waals surface area contributed by atoms with Crippen molar-refractivity contribution in [3.63, 3.8) is 0 Å².